The molecule has 2 heterocycles. The maximum Gasteiger partial charge on any atom is 0.254 e. The molecule has 1 saturated heterocycles. The van der Waals surface area contributed by atoms with Gasteiger partial charge in [-0.3, -0.25) is 14.4 Å². The molecule has 1 atom stereocenters. The van der Waals surface area contributed by atoms with E-state index in [-0.39, 0.29) is 17.6 Å². The van der Waals surface area contributed by atoms with Gasteiger partial charge in [-0.25, -0.2) is 0 Å². The topological polar surface area (TPSA) is 88.2 Å². The van der Waals surface area contributed by atoms with E-state index in [1.54, 1.807) is 38.5 Å². The van der Waals surface area contributed by atoms with E-state index in [1.807, 2.05) is 53.4 Å². The molecule has 1 fully saturated rings. The molecule has 208 valence electrons. The summed E-state index contributed by atoms with van der Waals surface area (Å²) in [6.45, 7) is 2.48. The van der Waals surface area contributed by atoms with Gasteiger partial charge in [0.05, 0.1) is 14.2 Å². The van der Waals surface area contributed by atoms with E-state index in [0.29, 0.717) is 55.2 Å². The van der Waals surface area contributed by atoms with Crippen LogP contribution in [0.4, 0.5) is 11.4 Å². The van der Waals surface area contributed by atoms with Crippen molar-refractivity contribution in [2.24, 2.45) is 5.92 Å². The van der Waals surface area contributed by atoms with Crippen LogP contribution in [-0.4, -0.2) is 62.9 Å². The van der Waals surface area contributed by atoms with Gasteiger partial charge in [-0.05, 0) is 59.2 Å². The van der Waals surface area contributed by atoms with Crippen molar-refractivity contribution < 1.29 is 23.9 Å². The number of fused-ring (bicyclic) bond motifs is 2. The Hall–Kier alpha value is -4.85. The van der Waals surface area contributed by atoms with Gasteiger partial charge >= 0.3 is 0 Å². The summed E-state index contributed by atoms with van der Waals surface area (Å²) in [6, 6.07) is 24.5. The van der Waals surface area contributed by atoms with Crippen molar-refractivity contribution in [3.05, 3.63) is 95.6 Å². The molecule has 2 aliphatic rings. The van der Waals surface area contributed by atoms with E-state index in [4.69, 9.17) is 9.47 Å². The Morgan fingerprint density at radius 3 is 2.37 bits per heavy atom. The number of amides is 2. The Morgan fingerprint density at radius 1 is 0.829 bits per heavy atom. The molecule has 2 amide bonds. The van der Waals surface area contributed by atoms with E-state index in [9.17, 15) is 14.4 Å². The first-order chi connectivity index (χ1) is 20.0. The highest BCUT2D eigenvalue weighted by molar-refractivity contribution is 6.19. The fourth-order valence-corrected chi connectivity index (χ4v) is 5.76. The fraction of sp³-hybridized carbons (Fsp3) is 0.242. The fourth-order valence-electron chi connectivity index (χ4n) is 5.76. The molecule has 4 aromatic carbocycles. The number of rotatable bonds is 6. The summed E-state index contributed by atoms with van der Waals surface area (Å²) in [4.78, 5) is 43.8. The molecule has 0 bridgehead atoms. The minimum Gasteiger partial charge on any atom is -0.493 e. The first-order valence-corrected chi connectivity index (χ1v) is 13.7. The number of nitrogens with one attached hydrogen (secondary N) is 1. The third-order valence-corrected chi connectivity index (χ3v) is 8.02. The normalized spacial score (nSPS) is 16.6. The lowest BCUT2D eigenvalue weighted by molar-refractivity contribution is -0.118. The molecule has 0 aromatic heterocycles. The summed E-state index contributed by atoms with van der Waals surface area (Å²) in [5.74, 6) is -0.176. The number of benzene rings is 4. The van der Waals surface area contributed by atoms with Gasteiger partial charge in [0, 0.05) is 48.7 Å². The second-order valence-electron chi connectivity index (χ2n) is 10.3. The Bertz CT molecular complexity index is 1650. The third kappa shape index (κ3) is 4.97. The molecule has 8 nitrogen and oxygen atoms in total. The van der Waals surface area contributed by atoms with E-state index in [2.05, 4.69) is 16.3 Å². The molecule has 6 rings (SSSR count). The lowest BCUT2D eigenvalue weighted by atomic mass is 9.85. The van der Waals surface area contributed by atoms with Gasteiger partial charge in [0.15, 0.2) is 17.3 Å². The van der Waals surface area contributed by atoms with Crippen LogP contribution in [0.15, 0.2) is 78.9 Å². The summed E-state index contributed by atoms with van der Waals surface area (Å²) < 4.78 is 10.6. The summed E-state index contributed by atoms with van der Waals surface area (Å²) in [7, 11) is 3.12. The van der Waals surface area contributed by atoms with Crippen molar-refractivity contribution >= 4 is 39.7 Å². The summed E-state index contributed by atoms with van der Waals surface area (Å²) in [5, 5.41) is 4.77. The summed E-state index contributed by atoms with van der Waals surface area (Å²) >= 11 is 0. The first-order valence-electron chi connectivity index (χ1n) is 13.7. The largest absolute Gasteiger partial charge is 0.493 e. The monoisotopic (exact) mass is 549 g/mol. The number of piperazine rings is 1. The molecule has 0 saturated carbocycles. The zero-order valence-electron chi connectivity index (χ0n) is 23.1. The maximum atomic E-state index is 13.6. The Kier molecular flexibility index (Phi) is 7.05. The highest BCUT2D eigenvalue weighted by atomic mass is 16.5. The van der Waals surface area contributed by atoms with Gasteiger partial charge in [0.25, 0.3) is 5.91 Å². The van der Waals surface area contributed by atoms with E-state index in [0.717, 1.165) is 27.7 Å². The predicted octanol–water partition coefficient (Wildman–Crippen LogP) is 4.81. The minimum atomic E-state index is -0.792. The molecule has 1 N–H and O–H groups in total. The van der Waals surface area contributed by atoms with Crippen molar-refractivity contribution in [1.82, 2.24) is 4.90 Å². The SMILES string of the molecule is COc1ccc(C(=O)N2CCN(c3ccc4c(c3)CC(C(=O)c3cccc5ccccc35)C(=O)N4)CC2)cc1OC. The van der Waals surface area contributed by atoms with Crippen LogP contribution >= 0.6 is 0 Å². The molecule has 8 heteroatoms. The average molecular weight is 550 g/mol. The predicted molar refractivity (Wildman–Crippen MR) is 158 cm³/mol. The van der Waals surface area contributed by atoms with Crippen molar-refractivity contribution in [2.45, 2.75) is 6.42 Å². The molecular formula is C33H31N3O5. The Balaban J connectivity index is 1.16. The van der Waals surface area contributed by atoms with Crippen LogP contribution < -0.4 is 19.7 Å². The maximum absolute atomic E-state index is 13.6. The van der Waals surface area contributed by atoms with Gasteiger partial charge in [-0.2, -0.15) is 0 Å². The molecule has 2 aliphatic heterocycles. The van der Waals surface area contributed by atoms with Gasteiger partial charge in [-0.1, -0.05) is 42.5 Å². The second-order valence-corrected chi connectivity index (χ2v) is 10.3. The van der Waals surface area contributed by atoms with Crippen LogP contribution in [0, 0.1) is 5.92 Å². The van der Waals surface area contributed by atoms with E-state index in [1.165, 1.54) is 0 Å². The molecule has 0 aliphatic carbocycles. The lowest BCUT2D eigenvalue weighted by Gasteiger charge is -2.37. The van der Waals surface area contributed by atoms with Crippen LogP contribution in [0.2, 0.25) is 0 Å². The number of hydrogen-bond donors (Lipinski definition) is 1. The van der Waals surface area contributed by atoms with Gasteiger partial charge in [0.1, 0.15) is 5.92 Å². The third-order valence-electron chi connectivity index (χ3n) is 8.02. The van der Waals surface area contributed by atoms with Gasteiger partial charge < -0.3 is 24.6 Å². The van der Waals surface area contributed by atoms with Crippen molar-refractivity contribution in [3.8, 4) is 11.5 Å². The number of carbonyl (C=O) groups is 3. The van der Waals surface area contributed by atoms with Gasteiger partial charge in [-0.15, -0.1) is 0 Å². The average Bonchev–Trinajstić information content (AvgIpc) is 3.03. The summed E-state index contributed by atoms with van der Waals surface area (Å²) in [6.07, 6.45) is 0.342. The van der Waals surface area contributed by atoms with Crippen LogP contribution in [0.1, 0.15) is 26.3 Å². The number of ether oxygens (including phenoxy) is 2. The quantitative estimate of drug-likeness (QED) is 0.274. The minimum absolute atomic E-state index is 0.0476. The standard InChI is InChI=1S/C33H31N3O5/c1-40-29-13-10-22(20-30(29)41-2)33(39)36-16-14-35(15-17-36)24-11-12-28-23(18-24)19-27(32(38)34-28)31(37)26-9-5-7-21-6-3-4-8-25(21)26/h3-13,18,20,27H,14-17,19H2,1-2H3,(H,34,38). The zero-order valence-corrected chi connectivity index (χ0v) is 23.1. The van der Waals surface area contributed by atoms with Crippen molar-refractivity contribution in [3.63, 3.8) is 0 Å². The van der Waals surface area contributed by atoms with E-state index < -0.39 is 5.92 Å². The molecule has 1 unspecified atom stereocenters. The van der Waals surface area contributed by atoms with E-state index >= 15 is 0 Å². The van der Waals surface area contributed by atoms with Crippen LogP contribution in [0.3, 0.4) is 0 Å². The summed E-state index contributed by atoms with van der Waals surface area (Å²) in [5.41, 5.74) is 3.81. The number of carbonyl (C=O) groups excluding carboxylic acids is 3. The number of hydrogen-bond acceptors (Lipinski definition) is 6. The van der Waals surface area contributed by atoms with Crippen molar-refractivity contribution in [2.75, 3.05) is 50.6 Å². The smallest absolute Gasteiger partial charge is 0.254 e. The molecule has 0 radical (unpaired) electrons. The van der Waals surface area contributed by atoms with Crippen LogP contribution in [0.5, 0.6) is 11.5 Å². The number of nitrogens with zero attached hydrogens (tertiary/aromatic N) is 2. The van der Waals surface area contributed by atoms with Crippen LogP contribution in [0.25, 0.3) is 10.8 Å². The molecular weight excluding hydrogens is 518 g/mol. The lowest BCUT2D eigenvalue weighted by Crippen LogP contribution is -2.48. The molecule has 0 spiro atoms. The Labute approximate surface area is 238 Å². The highest BCUT2D eigenvalue weighted by Gasteiger charge is 2.34. The number of anilines is 2. The van der Waals surface area contributed by atoms with Crippen LogP contribution in [-0.2, 0) is 11.2 Å². The molecule has 41 heavy (non-hydrogen) atoms. The first kappa shape index (κ1) is 26.4. The van der Waals surface area contributed by atoms with Gasteiger partial charge in [0.2, 0.25) is 5.91 Å². The zero-order chi connectivity index (χ0) is 28.5. The molecule has 4 aromatic rings. The number of methoxy groups -OCH3 is 2. The number of ketones is 1. The second kappa shape index (κ2) is 11.0. The highest BCUT2D eigenvalue weighted by Crippen LogP contribution is 2.33. The van der Waals surface area contributed by atoms with Crippen molar-refractivity contribution in [1.29, 1.82) is 0 Å². The number of Topliss-reactive ketones (excluding diaryl/α,β-unsaturated/α-hetero) is 1. The Morgan fingerprint density at radius 2 is 1.59 bits per heavy atom.